The molecule has 0 saturated carbocycles. The summed E-state index contributed by atoms with van der Waals surface area (Å²) < 4.78 is 11.7. The number of carbonyl (C=O) groups is 3. The Kier molecular flexibility index (Phi) is 8.18. The number of nitrogens with one attached hydrogen (secondary N) is 1. The maximum absolute atomic E-state index is 12.7. The topological polar surface area (TPSA) is 125 Å². The van der Waals surface area contributed by atoms with Crippen LogP contribution in [0.4, 0.5) is 5.69 Å². The number of β-lactam (4-membered cyclic amide) rings is 1. The quantitative estimate of drug-likeness (QED) is 0.169. The first-order valence-corrected chi connectivity index (χ1v) is 13.9. The molecule has 0 aliphatic carbocycles. The molecule has 1 aromatic rings. The molecule has 1 heterocycles. The fraction of sp³-hybridized carbons (Fsp3) is 0.609. The molecule has 1 N–H and O–H groups in total. The van der Waals surface area contributed by atoms with Gasteiger partial charge in [-0.2, -0.15) is 0 Å². The van der Waals surface area contributed by atoms with Gasteiger partial charge < -0.3 is 14.5 Å². The smallest absolute Gasteiger partial charge is 0.269 e. The van der Waals surface area contributed by atoms with Crippen molar-refractivity contribution in [1.82, 2.24) is 5.32 Å². The summed E-state index contributed by atoms with van der Waals surface area (Å²) in [6.07, 6.45) is -0.647. The van der Waals surface area contributed by atoms with E-state index in [1.54, 1.807) is 6.92 Å². The van der Waals surface area contributed by atoms with E-state index in [1.165, 1.54) is 24.3 Å². The predicted octanol–water partition coefficient (Wildman–Crippen LogP) is 3.66. The van der Waals surface area contributed by atoms with Gasteiger partial charge in [0.1, 0.15) is 18.1 Å². The largest absolute Gasteiger partial charge is 0.486 e. The molecule has 4 atom stereocenters. The van der Waals surface area contributed by atoms with E-state index in [4.69, 9.17) is 9.16 Å². The number of Topliss-reactive ketones (excluding diaryl/α,β-unsaturated/α-hetero) is 2. The highest BCUT2D eigenvalue weighted by Gasteiger charge is 2.50. The van der Waals surface area contributed by atoms with E-state index in [1.807, 2.05) is 6.92 Å². The van der Waals surface area contributed by atoms with E-state index in [2.05, 4.69) is 39.2 Å². The zero-order chi connectivity index (χ0) is 25.1. The summed E-state index contributed by atoms with van der Waals surface area (Å²) in [5, 5.41) is 13.5. The van der Waals surface area contributed by atoms with E-state index in [-0.39, 0.29) is 47.6 Å². The molecule has 33 heavy (non-hydrogen) atoms. The molecule has 1 aliphatic rings. The third-order valence-corrected chi connectivity index (χ3v) is 11.2. The molecule has 182 valence electrons. The number of nitrogens with zero attached hydrogens (tertiary/aromatic N) is 1. The molecule has 2 rings (SSSR count). The highest BCUT2D eigenvalue weighted by molar-refractivity contribution is 6.74. The molecule has 1 saturated heterocycles. The van der Waals surface area contributed by atoms with Crippen LogP contribution in [-0.2, 0) is 18.8 Å². The van der Waals surface area contributed by atoms with Crippen molar-refractivity contribution in [3.8, 4) is 5.75 Å². The molecule has 0 bridgehead atoms. The molecular formula is C23H34N2O7Si. The number of hydrogen-bond donors (Lipinski definition) is 1. The Labute approximate surface area is 195 Å². The van der Waals surface area contributed by atoms with Gasteiger partial charge in [-0.15, -0.1) is 0 Å². The van der Waals surface area contributed by atoms with Crippen molar-refractivity contribution in [1.29, 1.82) is 0 Å². The Morgan fingerprint density at radius 3 is 2.24 bits per heavy atom. The second-order valence-corrected chi connectivity index (χ2v) is 14.9. The summed E-state index contributed by atoms with van der Waals surface area (Å²) in [5.74, 6) is -1.50. The summed E-state index contributed by atoms with van der Waals surface area (Å²) in [6.45, 7) is 13.9. The van der Waals surface area contributed by atoms with Crippen LogP contribution in [0.2, 0.25) is 18.1 Å². The van der Waals surface area contributed by atoms with Crippen LogP contribution in [0.3, 0.4) is 0 Å². The van der Waals surface area contributed by atoms with Crippen LogP contribution in [-0.4, -0.2) is 49.5 Å². The van der Waals surface area contributed by atoms with Gasteiger partial charge in [0.25, 0.3) is 5.69 Å². The fourth-order valence-corrected chi connectivity index (χ4v) is 4.94. The van der Waals surface area contributed by atoms with Crippen molar-refractivity contribution in [2.24, 2.45) is 11.8 Å². The van der Waals surface area contributed by atoms with Gasteiger partial charge in [0.2, 0.25) is 5.91 Å². The maximum atomic E-state index is 12.7. The number of nitro groups is 1. The minimum absolute atomic E-state index is 0.00545. The minimum atomic E-state index is -2.09. The van der Waals surface area contributed by atoms with E-state index in [9.17, 15) is 24.5 Å². The summed E-state index contributed by atoms with van der Waals surface area (Å²) >= 11 is 0. The Bertz CT molecular complexity index is 908. The number of carbonyl (C=O) groups excluding carboxylic acids is 3. The number of benzene rings is 1. The van der Waals surface area contributed by atoms with Gasteiger partial charge in [0, 0.05) is 18.1 Å². The molecule has 1 aliphatic heterocycles. The van der Waals surface area contributed by atoms with Crippen LogP contribution in [0.25, 0.3) is 0 Å². The Hall–Kier alpha value is -2.59. The Morgan fingerprint density at radius 1 is 1.18 bits per heavy atom. The second-order valence-electron chi connectivity index (χ2n) is 10.2. The van der Waals surface area contributed by atoms with Crippen molar-refractivity contribution in [3.05, 3.63) is 34.4 Å². The predicted molar refractivity (Wildman–Crippen MR) is 126 cm³/mol. The van der Waals surface area contributed by atoms with E-state index >= 15 is 0 Å². The lowest BCUT2D eigenvalue weighted by molar-refractivity contribution is -0.384. The SMILES string of the molecule is C[C@@H](O[Si](C)(C)C(C)(C)C)[C@@H]1C(=O)N[C@@H]1[C@@H](C)C(=O)CC(=O)COc1ccc([N+](=O)[O-])cc1. The lowest BCUT2D eigenvalue weighted by Gasteiger charge is -2.46. The van der Waals surface area contributed by atoms with Gasteiger partial charge in [0.15, 0.2) is 14.1 Å². The molecule has 0 radical (unpaired) electrons. The number of amides is 1. The van der Waals surface area contributed by atoms with Gasteiger partial charge in [0.05, 0.1) is 29.4 Å². The molecule has 0 spiro atoms. The molecule has 10 heteroatoms. The van der Waals surface area contributed by atoms with Crippen molar-refractivity contribution in [2.45, 2.75) is 71.3 Å². The van der Waals surface area contributed by atoms with Gasteiger partial charge in [-0.1, -0.05) is 27.7 Å². The Balaban J connectivity index is 1.90. The average molecular weight is 479 g/mol. The summed E-state index contributed by atoms with van der Waals surface area (Å²) in [6, 6.07) is 4.97. The number of rotatable bonds is 11. The van der Waals surface area contributed by atoms with Crippen molar-refractivity contribution in [2.75, 3.05) is 6.61 Å². The molecular weight excluding hydrogens is 444 g/mol. The number of ketones is 2. The first kappa shape index (κ1) is 26.7. The van der Waals surface area contributed by atoms with Gasteiger partial charge in [-0.3, -0.25) is 24.5 Å². The minimum Gasteiger partial charge on any atom is -0.486 e. The normalized spacial score (nSPS) is 20.3. The summed E-state index contributed by atoms with van der Waals surface area (Å²) in [7, 11) is -2.09. The van der Waals surface area contributed by atoms with E-state index < -0.39 is 30.9 Å². The van der Waals surface area contributed by atoms with Crippen LogP contribution < -0.4 is 10.1 Å². The number of hydrogen-bond acceptors (Lipinski definition) is 7. The molecule has 9 nitrogen and oxygen atoms in total. The lowest BCUT2D eigenvalue weighted by atomic mass is 9.76. The highest BCUT2D eigenvalue weighted by Crippen LogP contribution is 2.39. The number of nitro benzene ring substituents is 1. The molecule has 0 aromatic heterocycles. The third-order valence-electron chi connectivity index (χ3n) is 6.66. The van der Waals surface area contributed by atoms with Gasteiger partial charge >= 0.3 is 0 Å². The zero-order valence-corrected chi connectivity index (χ0v) is 21.3. The molecule has 1 fully saturated rings. The molecule has 1 amide bonds. The van der Waals surface area contributed by atoms with Gasteiger partial charge in [-0.25, -0.2) is 0 Å². The molecule has 1 aromatic carbocycles. The first-order chi connectivity index (χ1) is 15.1. The summed E-state index contributed by atoms with van der Waals surface area (Å²) in [5.41, 5.74) is -0.0819. The van der Waals surface area contributed by atoms with Crippen LogP contribution in [0.5, 0.6) is 5.75 Å². The first-order valence-electron chi connectivity index (χ1n) is 11.0. The summed E-state index contributed by atoms with van der Waals surface area (Å²) in [4.78, 5) is 47.4. The third kappa shape index (κ3) is 6.48. The maximum Gasteiger partial charge on any atom is 0.269 e. The second kappa shape index (κ2) is 10.1. The highest BCUT2D eigenvalue weighted by atomic mass is 28.4. The number of non-ortho nitro benzene ring substituents is 1. The molecule has 0 unspecified atom stereocenters. The lowest BCUT2D eigenvalue weighted by Crippen LogP contribution is -2.66. The zero-order valence-electron chi connectivity index (χ0n) is 20.3. The van der Waals surface area contributed by atoms with E-state index in [0.29, 0.717) is 5.75 Å². The van der Waals surface area contributed by atoms with Crippen molar-refractivity contribution < 1.29 is 28.5 Å². The van der Waals surface area contributed by atoms with Crippen molar-refractivity contribution in [3.63, 3.8) is 0 Å². The van der Waals surface area contributed by atoms with Crippen LogP contribution in [0, 0.1) is 22.0 Å². The van der Waals surface area contributed by atoms with Crippen molar-refractivity contribution >= 4 is 31.5 Å². The Morgan fingerprint density at radius 2 is 1.76 bits per heavy atom. The van der Waals surface area contributed by atoms with Crippen LogP contribution in [0.1, 0.15) is 41.0 Å². The fourth-order valence-electron chi connectivity index (χ4n) is 3.51. The van der Waals surface area contributed by atoms with Crippen LogP contribution in [0.15, 0.2) is 24.3 Å². The standard InChI is InChI=1S/C23H34N2O7Si/c1-14(21-20(22(28)24-21)15(2)32-33(6,7)23(3,4)5)19(27)12-17(26)13-31-18-10-8-16(9-11-18)25(29)30/h8-11,14-15,20-21H,12-13H2,1-7H3,(H,24,28)/t14-,15+,20-,21+/m0/s1. The van der Waals surface area contributed by atoms with E-state index in [0.717, 1.165) is 0 Å². The monoisotopic (exact) mass is 478 g/mol. The van der Waals surface area contributed by atoms with Crippen LogP contribution >= 0.6 is 0 Å². The van der Waals surface area contributed by atoms with Gasteiger partial charge in [-0.05, 0) is 37.2 Å². The average Bonchev–Trinajstić information content (AvgIpc) is 2.68. The number of ether oxygens (including phenoxy) is 1.